The van der Waals surface area contributed by atoms with Crippen LogP contribution in [-0.2, 0) is 9.53 Å². The van der Waals surface area contributed by atoms with Crippen molar-refractivity contribution in [2.24, 2.45) is 0 Å². The van der Waals surface area contributed by atoms with Gasteiger partial charge in [0.2, 0.25) is 0 Å². The van der Waals surface area contributed by atoms with E-state index in [2.05, 4.69) is 16.8 Å². The van der Waals surface area contributed by atoms with Gasteiger partial charge < -0.3 is 19.6 Å². The van der Waals surface area contributed by atoms with E-state index in [1.54, 1.807) is 4.90 Å². The van der Waals surface area contributed by atoms with Crippen LogP contribution >= 0.6 is 0 Å². The summed E-state index contributed by atoms with van der Waals surface area (Å²) in [4.78, 5) is 29.4. The number of rotatable bonds is 3. The Morgan fingerprint density at radius 2 is 1.68 bits per heavy atom. The number of likely N-dealkylation sites (N-methyl/N-ethyl adjacent to an activating group) is 1. The van der Waals surface area contributed by atoms with Crippen LogP contribution in [0.4, 0.5) is 4.79 Å². The van der Waals surface area contributed by atoms with E-state index in [4.69, 9.17) is 4.74 Å². The second-order valence-corrected chi connectivity index (χ2v) is 7.42. The van der Waals surface area contributed by atoms with Gasteiger partial charge in [-0.1, -0.05) is 0 Å². The van der Waals surface area contributed by atoms with Crippen LogP contribution in [0, 0.1) is 0 Å². The van der Waals surface area contributed by atoms with Crippen LogP contribution in [-0.4, -0.2) is 89.3 Å². The molecule has 2 aliphatic heterocycles. The summed E-state index contributed by atoms with van der Waals surface area (Å²) in [6, 6.07) is 0. The number of hydrogen-bond donors (Lipinski definition) is 1. The molecule has 2 saturated heterocycles. The number of nitrogens with zero attached hydrogens (tertiary/aromatic N) is 3. The third kappa shape index (κ3) is 3.89. The zero-order valence-corrected chi connectivity index (χ0v) is 14.0. The largest absolute Gasteiger partial charge is 0.481 e. The minimum Gasteiger partial charge on any atom is -0.481 e. The molecule has 2 aliphatic rings. The first-order valence-electron chi connectivity index (χ1n) is 7.75. The Morgan fingerprint density at radius 1 is 1.14 bits per heavy atom. The number of aliphatic carboxylic acids is 1. The van der Waals surface area contributed by atoms with Gasteiger partial charge in [0.15, 0.2) is 0 Å². The van der Waals surface area contributed by atoms with Gasteiger partial charge in [0.05, 0.1) is 12.0 Å². The lowest BCUT2D eigenvalue weighted by atomic mass is 9.84. The zero-order valence-electron chi connectivity index (χ0n) is 14.0. The highest BCUT2D eigenvalue weighted by Gasteiger charge is 2.51. The highest BCUT2D eigenvalue weighted by atomic mass is 16.6. The van der Waals surface area contributed by atoms with Crippen molar-refractivity contribution in [1.82, 2.24) is 14.7 Å². The predicted octanol–water partition coefficient (Wildman–Crippen LogP) is 0.698. The van der Waals surface area contributed by atoms with Gasteiger partial charge in [-0.25, -0.2) is 4.79 Å². The highest BCUT2D eigenvalue weighted by molar-refractivity contribution is 5.73. The number of likely N-dealkylation sites (tertiary alicyclic amines) is 1. The van der Waals surface area contributed by atoms with E-state index in [0.29, 0.717) is 13.1 Å². The van der Waals surface area contributed by atoms with Crippen molar-refractivity contribution in [1.29, 1.82) is 0 Å². The molecule has 126 valence electrons. The van der Waals surface area contributed by atoms with E-state index in [0.717, 1.165) is 26.2 Å². The number of carboxylic acid groups (broad SMARTS) is 1. The molecule has 7 heteroatoms. The number of ether oxygens (including phenoxy) is 1. The summed E-state index contributed by atoms with van der Waals surface area (Å²) in [5.41, 5.74) is -0.972. The van der Waals surface area contributed by atoms with E-state index in [-0.39, 0.29) is 12.5 Å². The first kappa shape index (κ1) is 17.0. The molecule has 2 heterocycles. The minimum absolute atomic E-state index is 0.0655. The van der Waals surface area contributed by atoms with Crippen LogP contribution in [0.15, 0.2) is 0 Å². The Bertz CT molecular complexity index is 433. The lowest BCUT2D eigenvalue weighted by Gasteiger charge is -2.56. The lowest BCUT2D eigenvalue weighted by molar-refractivity contribution is -0.147. The molecule has 0 atom stereocenters. The van der Waals surface area contributed by atoms with Gasteiger partial charge in [-0.15, -0.1) is 0 Å². The van der Waals surface area contributed by atoms with E-state index in [1.807, 2.05) is 20.8 Å². The van der Waals surface area contributed by atoms with Gasteiger partial charge in [0.1, 0.15) is 5.60 Å². The van der Waals surface area contributed by atoms with E-state index in [1.165, 1.54) is 0 Å². The summed E-state index contributed by atoms with van der Waals surface area (Å²) < 4.78 is 5.36. The van der Waals surface area contributed by atoms with Crippen LogP contribution in [0.2, 0.25) is 0 Å². The Hall–Kier alpha value is -1.34. The molecule has 7 nitrogen and oxygen atoms in total. The maximum Gasteiger partial charge on any atom is 0.410 e. The molecule has 0 aromatic rings. The minimum atomic E-state index is -0.817. The first-order valence-corrected chi connectivity index (χ1v) is 7.75. The van der Waals surface area contributed by atoms with E-state index < -0.39 is 17.1 Å². The van der Waals surface area contributed by atoms with E-state index in [9.17, 15) is 14.7 Å². The monoisotopic (exact) mass is 313 g/mol. The molecule has 0 bridgehead atoms. The van der Waals surface area contributed by atoms with Gasteiger partial charge in [0, 0.05) is 39.3 Å². The summed E-state index contributed by atoms with van der Waals surface area (Å²) >= 11 is 0. The molecule has 0 spiro atoms. The van der Waals surface area contributed by atoms with Gasteiger partial charge >= 0.3 is 12.1 Å². The molecule has 2 rings (SSSR count). The molecule has 0 aromatic carbocycles. The third-order valence-corrected chi connectivity index (χ3v) is 4.28. The van der Waals surface area contributed by atoms with Gasteiger partial charge in [-0.05, 0) is 27.8 Å². The Morgan fingerprint density at radius 3 is 2.14 bits per heavy atom. The van der Waals surface area contributed by atoms with Crippen molar-refractivity contribution >= 4 is 12.1 Å². The summed E-state index contributed by atoms with van der Waals surface area (Å²) in [7, 11) is 2.06. The van der Waals surface area contributed by atoms with E-state index >= 15 is 0 Å². The Kier molecular flexibility index (Phi) is 4.67. The quantitative estimate of drug-likeness (QED) is 0.827. The molecular weight excluding hydrogens is 286 g/mol. The molecule has 2 fully saturated rings. The van der Waals surface area contributed by atoms with Crippen molar-refractivity contribution in [3.05, 3.63) is 0 Å². The van der Waals surface area contributed by atoms with Gasteiger partial charge in [-0.3, -0.25) is 9.69 Å². The lowest BCUT2D eigenvalue weighted by Crippen LogP contribution is -2.74. The van der Waals surface area contributed by atoms with Crippen LogP contribution in [0.5, 0.6) is 0 Å². The number of hydrogen-bond acceptors (Lipinski definition) is 5. The summed E-state index contributed by atoms with van der Waals surface area (Å²) in [6.45, 7) is 9.87. The number of carbonyl (C=O) groups is 2. The molecule has 1 N–H and O–H groups in total. The maximum atomic E-state index is 12.1. The van der Waals surface area contributed by atoms with Crippen molar-refractivity contribution in [3.63, 3.8) is 0 Å². The fourth-order valence-electron chi connectivity index (χ4n) is 3.11. The second-order valence-electron chi connectivity index (χ2n) is 7.42. The highest BCUT2D eigenvalue weighted by Crippen LogP contribution is 2.33. The number of carbonyl (C=O) groups excluding carboxylic acids is 1. The molecule has 0 aliphatic carbocycles. The van der Waals surface area contributed by atoms with Crippen LogP contribution in [0.25, 0.3) is 0 Å². The molecular formula is C15H27N3O4. The van der Waals surface area contributed by atoms with Crippen molar-refractivity contribution in [2.75, 3.05) is 46.3 Å². The first-order chi connectivity index (χ1) is 10.1. The zero-order chi connectivity index (χ0) is 16.5. The molecule has 0 radical (unpaired) electrons. The SMILES string of the molecule is CN1CCN(C2(CC(=O)O)CN(C(=O)OC(C)(C)C)C2)CC1. The smallest absolute Gasteiger partial charge is 0.410 e. The molecule has 0 unspecified atom stereocenters. The Balaban J connectivity index is 1.99. The predicted molar refractivity (Wildman–Crippen MR) is 81.9 cm³/mol. The van der Waals surface area contributed by atoms with Crippen LogP contribution in [0.1, 0.15) is 27.2 Å². The van der Waals surface area contributed by atoms with Gasteiger partial charge in [-0.2, -0.15) is 0 Å². The second kappa shape index (κ2) is 6.04. The van der Waals surface area contributed by atoms with Crippen molar-refractivity contribution < 1.29 is 19.4 Å². The fourth-order valence-corrected chi connectivity index (χ4v) is 3.11. The standard InChI is InChI=1S/C15H27N3O4/c1-14(2,3)22-13(21)17-10-15(11-17,9-12(19)20)18-7-5-16(4)6-8-18/h5-11H2,1-4H3,(H,19,20). The topological polar surface area (TPSA) is 73.3 Å². The third-order valence-electron chi connectivity index (χ3n) is 4.28. The average Bonchev–Trinajstić information content (AvgIpc) is 2.31. The van der Waals surface area contributed by atoms with Crippen LogP contribution in [0.3, 0.4) is 0 Å². The molecule has 22 heavy (non-hydrogen) atoms. The maximum absolute atomic E-state index is 12.1. The summed E-state index contributed by atoms with van der Waals surface area (Å²) in [5.74, 6) is -0.817. The average molecular weight is 313 g/mol. The molecule has 0 aromatic heterocycles. The van der Waals surface area contributed by atoms with Gasteiger partial charge in [0.25, 0.3) is 0 Å². The number of piperazine rings is 1. The number of amides is 1. The van der Waals surface area contributed by atoms with Crippen LogP contribution < -0.4 is 0 Å². The fraction of sp³-hybridized carbons (Fsp3) is 0.867. The number of carboxylic acids is 1. The van der Waals surface area contributed by atoms with Crippen molar-refractivity contribution in [2.45, 2.75) is 38.3 Å². The summed E-state index contributed by atoms with van der Waals surface area (Å²) in [5, 5.41) is 9.24. The Labute approximate surface area is 131 Å². The normalized spacial score (nSPS) is 23.0. The molecule has 0 saturated carbocycles. The summed E-state index contributed by atoms with van der Waals surface area (Å²) in [6.07, 6.45) is -0.293. The van der Waals surface area contributed by atoms with Crippen molar-refractivity contribution in [3.8, 4) is 0 Å². The molecule has 1 amide bonds.